The van der Waals surface area contributed by atoms with Gasteiger partial charge >= 0.3 is 10.9 Å². The number of rotatable bonds is 1. The second kappa shape index (κ2) is 7.12. The summed E-state index contributed by atoms with van der Waals surface area (Å²) < 4.78 is 9.51. The first-order chi connectivity index (χ1) is 9.11. The topological polar surface area (TPSA) is 73.1 Å². The molecule has 0 spiro atoms. The highest BCUT2D eigenvalue weighted by Crippen LogP contribution is 2.61. The summed E-state index contributed by atoms with van der Waals surface area (Å²) in [6, 6.07) is 6.84. The summed E-state index contributed by atoms with van der Waals surface area (Å²) in [7, 11) is 0. The Morgan fingerprint density at radius 2 is 1.65 bits per heavy atom. The van der Waals surface area contributed by atoms with Crippen LogP contribution < -0.4 is 0 Å². The quantitative estimate of drug-likeness (QED) is 0.247. The third-order valence-electron chi connectivity index (χ3n) is 1.95. The van der Waals surface area contributed by atoms with E-state index in [0.717, 1.165) is 0 Å². The lowest BCUT2D eigenvalue weighted by Gasteiger charge is -2.01. The zero-order chi connectivity index (χ0) is 15.5. The lowest BCUT2D eigenvalue weighted by Crippen LogP contribution is -1.93. The summed E-state index contributed by atoms with van der Waals surface area (Å²) in [6.45, 7) is 0. The van der Waals surface area contributed by atoms with E-state index in [1.54, 1.807) is 24.3 Å². The molecule has 0 saturated carbocycles. The highest BCUT2D eigenvalue weighted by Gasteiger charge is 2.21. The number of fused-ring (bicyclic) bond motifs is 1. The Balaban J connectivity index is 0.000000347. The number of hydrogen-bond donors (Lipinski definition) is 0. The van der Waals surface area contributed by atoms with Gasteiger partial charge in [0.25, 0.3) is 0 Å². The average Bonchev–Trinajstić information content (AvgIpc) is 2.26. The molecule has 2 aromatic rings. The van der Waals surface area contributed by atoms with Gasteiger partial charge < -0.3 is 0 Å². The zero-order valence-corrected chi connectivity index (χ0v) is 13.9. The summed E-state index contributed by atoms with van der Waals surface area (Å²) in [4.78, 5) is 13.9. The number of nitro groups is 1. The van der Waals surface area contributed by atoms with Gasteiger partial charge in [0, 0.05) is 5.39 Å². The van der Waals surface area contributed by atoms with Crippen molar-refractivity contribution in [2.24, 2.45) is 0 Å². The fraction of sp³-hybridized carbons (Fsp3) is 0. The van der Waals surface area contributed by atoms with Crippen LogP contribution in [0.25, 0.3) is 10.9 Å². The molecular weight excluding hydrogens is 392 g/mol. The van der Waals surface area contributed by atoms with Gasteiger partial charge in [-0.25, -0.2) is 4.98 Å². The number of para-hydroxylation sites is 1. The third-order valence-corrected chi connectivity index (χ3v) is 2.59. The lowest BCUT2D eigenvalue weighted by atomic mass is 10.2. The molecule has 0 unspecified atom stereocenters. The van der Waals surface area contributed by atoms with Crippen LogP contribution in [-0.4, -0.2) is 9.91 Å². The zero-order valence-electron chi connectivity index (χ0n) is 9.27. The minimum Gasteiger partial charge on any atom is -0.271 e. The van der Waals surface area contributed by atoms with Crippen LogP contribution in [0.5, 0.6) is 0 Å². The minimum absolute atomic E-state index is 0.0237. The first kappa shape index (κ1) is 17.8. The van der Waals surface area contributed by atoms with Crippen molar-refractivity contribution in [2.75, 3.05) is 0 Å². The van der Waals surface area contributed by atoms with Crippen LogP contribution in [0.15, 0.2) is 24.3 Å². The Kier molecular flexibility index (Phi) is 6.32. The van der Waals surface area contributed by atoms with Crippen LogP contribution in [0, 0.1) is 10.1 Å². The molecule has 0 bridgehead atoms. The molecule has 11 heteroatoms. The Morgan fingerprint density at radius 3 is 2.15 bits per heavy atom. The molecule has 1 aromatic carbocycles. The SMILES string of the molecule is O=P(Cl)(Cl)Cl.O=[N+]([O-])c1c(Cl)nc2ccccc2c1Cl. The summed E-state index contributed by atoms with van der Waals surface area (Å²) in [6.07, 6.45) is 0. The highest BCUT2D eigenvalue weighted by molar-refractivity contribution is 8.24. The maximum atomic E-state index is 10.7. The molecule has 0 N–H and O–H groups in total. The molecule has 0 aliphatic heterocycles. The van der Waals surface area contributed by atoms with Crippen molar-refractivity contribution in [3.05, 3.63) is 44.6 Å². The van der Waals surface area contributed by atoms with Crippen molar-refractivity contribution < 1.29 is 9.49 Å². The monoisotopic (exact) mass is 394 g/mol. The van der Waals surface area contributed by atoms with Gasteiger partial charge in [-0.2, -0.15) is 0 Å². The van der Waals surface area contributed by atoms with E-state index in [4.69, 9.17) is 23.2 Å². The number of halogens is 5. The molecule has 0 amide bonds. The molecule has 2 rings (SSSR count). The molecule has 0 aliphatic rings. The number of hydrogen-bond acceptors (Lipinski definition) is 4. The Labute approximate surface area is 137 Å². The van der Waals surface area contributed by atoms with E-state index < -0.39 is 10.1 Å². The van der Waals surface area contributed by atoms with E-state index in [9.17, 15) is 14.7 Å². The lowest BCUT2D eigenvalue weighted by molar-refractivity contribution is -0.384. The van der Waals surface area contributed by atoms with Crippen molar-refractivity contribution in [3.63, 3.8) is 0 Å². The van der Waals surface area contributed by atoms with E-state index in [0.29, 0.717) is 10.9 Å². The predicted molar refractivity (Wildman–Crippen MR) is 83.6 cm³/mol. The van der Waals surface area contributed by atoms with E-state index in [2.05, 4.69) is 38.7 Å². The fourth-order valence-electron chi connectivity index (χ4n) is 1.29. The molecule has 108 valence electrons. The molecule has 0 fully saturated rings. The van der Waals surface area contributed by atoms with Crippen LogP contribution in [-0.2, 0) is 4.57 Å². The molecule has 5 nitrogen and oxygen atoms in total. The molecular formula is C9H4Cl5N2O3P. The molecule has 20 heavy (non-hydrogen) atoms. The maximum absolute atomic E-state index is 10.7. The average molecular weight is 396 g/mol. The van der Waals surface area contributed by atoms with Crippen LogP contribution in [0.2, 0.25) is 10.2 Å². The van der Waals surface area contributed by atoms with Gasteiger partial charge in [0.2, 0.25) is 5.15 Å². The van der Waals surface area contributed by atoms with Crippen molar-refractivity contribution in [1.29, 1.82) is 0 Å². The van der Waals surface area contributed by atoms with Crippen molar-refractivity contribution in [3.8, 4) is 0 Å². The maximum Gasteiger partial charge on any atom is 0.339 e. The van der Waals surface area contributed by atoms with Gasteiger partial charge in [0.05, 0.1) is 10.4 Å². The predicted octanol–water partition coefficient (Wildman–Crippen LogP) is 6.26. The van der Waals surface area contributed by atoms with Crippen LogP contribution in [0.3, 0.4) is 0 Å². The number of nitrogens with zero attached hydrogens (tertiary/aromatic N) is 2. The first-order valence-corrected chi connectivity index (χ1v) is 9.86. The van der Waals surface area contributed by atoms with Crippen molar-refractivity contribution in [2.45, 2.75) is 0 Å². The molecule has 0 aliphatic carbocycles. The largest absolute Gasteiger partial charge is 0.339 e. The van der Waals surface area contributed by atoms with Crippen LogP contribution >= 0.6 is 62.1 Å². The first-order valence-electron chi connectivity index (χ1n) is 4.68. The van der Waals surface area contributed by atoms with E-state index in [1.807, 2.05) is 0 Å². The van der Waals surface area contributed by atoms with Gasteiger partial charge in [-0.3, -0.25) is 14.7 Å². The molecule has 1 aromatic heterocycles. The van der Waals surface area contributed by atoms with Gasteiger partial charge in [-0.1, -0.05) is 41.4 Å². The van der Waals surface area contributed by atoms with E-state index >= 15 is 0 Å². The van der Waals surface area contributed by atoms with Crippen molar-refractivity contribution >= 4 is 78.7 Å². The number of aromatic nitrogens is 1. The summed E-state index contributed by atoms with van der Waals surface area (Å²) in [5.41, 5.74) is 0.190. The Bertz CT molecular complexity index is 697. The number of pyridine rings is 1. The molecule has 1 heterocycles. The van der Waals surface area contributed by atoms with E-state index in [1.165, 1.54) is 0 Å². The van der Waals surface area contributed by atoms with E-state index in [-0.39, 0.29) is 15.9 Å². The number of benzene rings is 1. The smallest absolute Gasteiger partial charge is 0.271 e. The molecule has 0 radical (unpaired) electrons. The Morgan fingerprint density at radius 1 is 1.15 bits per heavy atom. The minimum atomic E-state index is -3.22. The Hall–Kier alpha value is -0.290. The van der Waals surface area contributed by atoms with Crippen LogP contribution in [0.4, 0.5) is 5.69 Å². The third kappa shape index (κ3) is 5.24. The van der Waals surface area contributed by atoms with Gasteiger partial charge in [-0.15, -0.1) is 0 Å². The molecule has 0 atom stereocenters. The highest BCUT2D eigenvalue weighted by atomic mass is 36.0. The second-order valence-electron chi connectivity index (χ2n) is 3.24. The summed E-state index contributed by atoms with van der Waals surface area (Å²) >= 11 is 25.4. The summed E-state index contributed by atoms with van der Waals surface area (Å²) in [5, 5.41) is 7.82. The van der Waals surface area contributed by atoms with Crippen molar-refractivity contribution in [1.82, 2.24) is 4.98 Å². The second-order valence-corrected chi connectivity index (χ2v) is 10.6. The summed E-state index contributed by atoms with van der Waals surface area (Å²) in [5.74, 6) is 0. The molecule has 0 saturated heterocycles. The van der Waals surface area contributed by atoms with Gasteiger partial charge in [0.1, 0.15) is 5.02 Å². The standard InChI is InChI=1S/C9H4Cl2N2O2.Cl3OP/c10-7-5-3-1-2-4-6(5)12-9(11)8(7)13(14)15;1-5(2,3)4/h1-4H;. The fourth-order valence-corrected chi connectivity index (χ4v) is 1.91. The van der Waals surface area contributed by atoms with Gasteiger partial charge in [-0.05, 0) is 39.8 Å². The van der Waals surface area contributed by atoms with Crippen LogP contribution in [0.1, 0.15) is 0 Å². The normalized spacial score (nSPS) is 10.8. The van der Waals surface area contributed by atoms with Gasteiger partial charge in [0.15, 0.2) is 0 Å².